The Morgan fingerprint density at radius 1 is 0.714 bits per heavy atom. The molecular weight excluding hydrogens is 434 g/mol. The van der Waals surface area contributed by atoms with Gasteiger partial charge in [0, 0.05) is 43.6 Å². The lowest BCUT2D eigenvalue weighted by molar-refractivity contribution is 0.413. The zero-order valence-electron chi connectivity index (χ0n) is 19.7. The largest absolute Gasteiger partial charge is 0.495 e. The minimum absolute atomic E-state index is 0.806. The van der Waals surface area contributed by atoms with Gasteiger partial charge in [-0.2, -0.15) is 0 Å². The van der Waals surface area contributed by atoms with E-state index in [0.29, 0.717) is 0 Å². The summed E-state index contributed by atoms with van der Waals surface area (Å²) in [5, 5.41) is 1.07. The van der Waals surface area contributed by atoms with E-state index < -0.39 is 0 Å². The van der Waals surface area contributed by atoms with Crippen LogP contribution in [0.3, 0.4) is 0 Å². The van der Waals surface area contributed by atoms with Gasteiger partial charge in [0.05, 0.1) is 18.2 Å². The first-order valence-corrected chi connectivity index (χ1v) is 11.9. The summed E-state index contributed by atoms with van der Waals surface area (Å²) in [5.74, 6) is 1.79. The van der Waals surface area contributed by atoms with Crippen LogP contribution in [0.5, 0.6) is 5.75 Å². The van der Waals surface area contributed by atoms with Crippen molar-refractivity contribution < 1.29 is 4.74 Å². The molecule has 0 spiro atoms. The number of fused-ring (bicyclic) bond motifs is 1. The lowest BCUT2D eigenvalue weighted by Crippen LogP contribution is -2.46. The highest BCUT2D eigenvalue weighted by molar-refractivity contribution is 6.02. The molecule has 0 N–H and O–H groups in total. The smallest absolute Gasteiger partial charge is 0.150 e. The molecule has 0 aliphatic carbocycles. The Labute approximate surface area is 205 Å². The van der Waals surface area contributed by atoms with E-state index in [9.17, 15) is 0 Å². The molecule has 1 fully saturated rings. The summed E-state index contributed by atoms with van der Waals surface area (Å²) in [6.45, 7) is 3.69. The maximum atomic E-state index is 5.68. The summed E-state index contributed by atoms with van der Waals surface area (Å²) in [7, 11) is 1.70. The van der Waals surface area contributed by atoms with Crippen LogP contribution in [0.4, 0.5) is 11.5 Å². The molecule has 0 bridgehead atoms. The summed E-state index contributed by atoms with van der Waals surface area (Å²) in [6, 6.07) is 29.2. The second-order valence-electron chi connectivity index (χ2n) is 8.66. The van der Waals surface area contributed by atoms with Crippen LogP contribution < -0.4 is 14.5 Å². The quantitative estimate of drug-likeness (QED) is 0.350. The number of methoxy groups -OCH3 is 1. The predicted octanol–water partition coefficient (Wildman–Crippen LogP) is 5.42. The third kappa shape index (κ3) is 3.87. The van der Waals surface area contributed by atoms with Gasteiger partial charge in [0.2, 0.25) is 0 Å². The van der Waals surface area contributed by atoms with Gasteiger partial charge in [-0.3, -0.25) is 4.57 Å². The number of benzene rings is 3. The van der Waals surface area contributed by atoms with E-state index in [0.717, 1.165) is 65.6 Å². The van der Waals surface area contributed by atoms with Gasteiger partial charge in [-0.05, 0) is 29.8 Å². The van der Waals surface area contributed by atoms with Crippen molar-refractivity contribution in [1.29, 1.82) is 0 Å². The van der Waals surface area contributed by atoms with E-state index >= 15 is 0 Å². The summed E-state index contributed by atoms with van der Waals surface area (Å²) < 4.78 is 7.81. The molecule has 6 nitrogen and oxygen atoms in total. The fourth-order valence-electron chi connectivity index (χ4n) is 4.95. The Bertz CT molecular complexity index is 1440. The molecule has 0 radical (unpaired) electrons. The number of nitrogens with zero attached hydrogens (tertiary/aromatic N) is 5. The van der Waals surface area contributed by atoms with Crippen molar-refractivity contribution in [1.82, 2.24) is 14.5 Å². The number of ether oxygens (including phenoxy) is 1. The highest BCUT2D eigenvalue weighted by Crippen LogP contribution is 2.38. The summed E-state index contributed by atoms with van der Waals surface area (Å²) in [6.07, 6.45) is 3.85. The predicted molar refractivity (Wildman–Crippen MR) is 142 cm³/mol. The molecule has 3 heterocycles. The van der Waals surface area contributed by atoms with Crippen molar-refractivity contribution in [3.8, 4) is 22.6 Å². The van der Waals surface area contributed by atoms with Gasteiger partial charge in [0.25, 0.3) is 0 Å². The number of hydrogen-bond acceptors (Lipinski definition) is 5. The highest BCUT2D eigenvalue weighted by atomic mass is 16.5. The van der Waals surface area contributed by atoms with Crippen molar-refractivity contribution in [3.05, 3.63) is 97.5 Å². The molecule has 174 valence electrons. The van der Waals surface area contributed by atoms with Crippen molar-refractivity contribution in [3.63, 3.8) is 0 Å². The molecule has 2 aromatic heterocycles. The summed E-state index contributed by atoms with van der Waals surface area (Å²) in [4.78, 5) is 14.4. The van der Waals surface area contributed by atoms with Crippen LogP contribution in [0.25, 0.3) is 27.8 Å². The molecule has 6 rings (SSSR count). The zero-order valence-corrected chi connectivity index (χ0v) is 19.7. The van der Waals surface area contributed by atoms with Gasteiger partial charge in [-0.15, -0.1) is 0 Å². The lowest BCUT2D eigenvalue weighted by Gasteiger charge is -2.37. The molecule has 1 aliphatic rings. The second-order valence-corrected chi connectivity index (χ2v) is 8.66. The van der Waals surface area contributed by atoms with Gasteiger partial charge in [-0.1, -0.05) is 60.7 Å². The number of piperazine rings is 1. The molecule has 35 heavy (non-hydrogen) atoms. The maximum absolute atomic E-state index is 5.68. The first-order chi connectivity index (χ1) is 17.3. The van der Waals surface area contributed by atoms with Gasteiger partial charge in [0.15, 0.2) is 5.65 Å². The first kappa shape index (κ1) is 21.2. The number of aromatic nitrogens is 3. The van der Waals surface area contributed by atoms with Crippen molar-refractivity contribution in [2.75, 3.05) is 43.1 Å². The number of para-hydroxylation sites is 3. The van der Waals surface area contributed by atoms with Crippen LogP contribution >= 0.6 is 0 Å². The van der Waals surface area contributed by atoms with E-state index in [1.807, 2.05) is 24.3 Å². The monoisotopic (exact) mass is 461 g/mol. The van der Waals surface area contributed by atoms with Crippen LogP contribution in [-0.2, 0) is 0 Å². The summed E-state index contributed by atoms with van der Waals surface area (Å²) in [5.41, 5.74) is 5.37. The van der Waals surface area contributed by atoms with E-state index in [4.69, 9.17) is 14.7 Å². The molecule has 3 aromatic carbocycles. The van der Waals surface area contributed by atoms with Gasteiger partial charge >= 0.3 is 0 Å². The standard InChI is InChI=1S/C29H27N5O/c1-35-26-15-9-8-14-25(26)34-20-24(22-10-4-2-5-11-22)27-28(30-21-31-29(27)34)33-18-16-32(17-19-33)23-12-6-3-7-13-23/h2-15,20-21H,16-19H2,1H3. The molecule has 0 saturated carbocycles. The minimum atomic E-state index is 0.806. The van der Waals surface area contributed by atoms with E-state index in [-0.39, 0.29) is 0 Å². The Balaban J connectivity index is 1.46. The Morgan fingerprint density at radius 2 is 1.37 bits per heavy atom. The van der Waals surface area contributed by atoms with Crippen LogP contribution in [0.1, 0.15) is 0 Å². The second kappa shape index (κ2) is 9.14. The molecular formula is C29H27N5O. The fraction of sp³-hybridized carbons (Fsp3) is 0.172. The molecule has 0 unspecified atom stereocenters. The van der Waals surface area contributed by atoms with Crippen LogP contribution in [0, 0.1) is 0 Å². The number of anilines is 2. The molecule has 1 aliphatic heterocycles. The molecule has 6 heteroatoms. The Kier molecular flexibility index (Phi) is 5.54. The topological polar surface area (TPSA) is 46.4 Å². The molecule has 1 saturated heterocycles. The number of rotatable bonds is 5. The van der Waals surface area contributed by atoms with E-state index in [1.54, 1.807) is 13.4 Å². The lowest BCUT2D eigenvalue weighted by atomic mass is 10.1. The Morgan fingerprint density at radius 3 is 2.11 bits per heavy atom. The third-order valence-corrected chi connectivity index (χ3v) is 6.69. The molecule has 5 aromatic rings. The maximum Gasteiger partial charge on any atom is 0.150 e. The van der Waals surface area contributed by atoms with Gasteiger partial charge in [0.1, 0.15) is 17.9 Å². The van der Waals surface area contributed by atoms with E-state index in [1.165, 1.54) is 5.69 Å². The Hall–Kier alpha value is -4.32. The van der Waals surface area contributed by atoms with Crippen LogP contribution in [-0.4, -0.2) is 47.8 Å². The van der Waals surface area contributed by atoms with Gasteiger partial charge < -0.3 is 14.5 Å². The molecule has 0 amide bonds. The average Bonchev–Trinajstić information content (AvgIpc) is 3.34. The normalized spacial score (nSPS) is 13.9. The SMILES string of the molecule is COc1ccccc1-n1cc(-c2ccccc2)c2c(N3CCN(c4ccccc4)CC3)ncnc21. The van der Waals surface area contributed by atoms with Crippen LogP contribution in [0.2, 0.25) is 0 Å². The van der Waals surface area contributed by atoms with Crippen molar-refractivity contribution in [2.24, 2.45) is 0 Å². The fourth-order valence-corrected chi connectivity index (χ4v) is 4.95. The van der Waals surface area contributed by atoms with Gasteiger partial charge in [-0.25, -0.2) is 9.97 Å². The van der Waals surface area contributed by atoms with Crippen molar-refractivity contribution >= 4 is 22.5 Å². The first-order valence-electron chi connectivity index (χ1n) is 11.9. The minimum Gasteiger partial charge on any atom is -0.495 e. The summed E-state index contributed by atoms with van der Waals surface area (Å²) >= 11 is 0. The zero-order chi connectivity index (χ0) is 23.6. The highest BCUT2D eigenvalue weighted by Gasteiger charge is 2.24. The van der Waals surface area contributed by atoms with Crippen molar-refractivity contribution in [2.45, 2.75) is 0 Å². The number of hydrogen-bond donors (Lipinski definition) is 0. The van der Waals surface area contributed by atoms with E-state index in [2.05, 4.69) is 81.2 Å². The third-order valence-electron chi connectivity index (χ3n) is 6.69. The molecule has 0 atom stereocenters. The van der Waals surface area contributed by atoms with Crippen LogP contribution in [0.15, 0.2) is 97.5 Å². The average molecular weight is 462 g/mol.